The van der Waals surface area contributed by atoms with Crippen molar-refractivity contribution >= 4 is 34.9 Å². The number of fused-ring (bicyclic) bond motifs is 2. The number of ether oxygens (including phenoxy) is 3. The van der Waals surface area contributed by atoms with Crippen molar-refractivity contribution in [1.29, 1.82) is 0 Å². The number of amides is 1. The molecule has 0 aromatic carbocycles. The molecule has 5 heterocycles. The first-order valence-corrected chi connectivity index (χ1v) is 15.1. The minimum atomic E-state index is -0.475. The van der Waals surface area contributed by atoms with Gasteiger partial charge in [0.05, 0.1) is 17.9 Å². The van der Waals surface area contributed by atoms with Gasteiger partial charge in [0, 0.05) is 75.1 Å². The lowest BCUT2D eigenvalue weighted by molar-refractivity contribution is -0.110. The normalized spacial score (nSPS) is 26.6. The third-order valence-electron chi connectivity index (χ3n) is 8.43. The first kappa shape index (κ1) is 28.1. The van der Waals surface area contributed by atoms with Gasteiger partial charge in [-0.05, 0) is 52.5 Å². The van der Waals surface area contributed by atoms with E-state index in [2.05, 4.69) is 37.1 Å². The summed E-state index contributed by atoms with van der Waals surface area (Å²) in [6.07, 6.45) is 7.66. The molecule has 2 N–H and O–H groups in total. The van der Waals surface area contributed by atoms with Crippen molar-refractivity contribution in [2.75, 3.05) is 41.7 Å². The van der Waals surface area contributed by atoms with Crippen molar-refractivity contribution < 1.29 is 19.0 Å². The van der Waals surface area contributed by atoms with E-state index in [9.17, 15) is 4.79 Å². The van der Waals surface area contributed by atoms with Crippen LogP contribution in [-0.2, 0) is 9.47 Å². The standard InChI is InChI=1S/C29H40ClN7O4/c1-29(2,3)41-28(38)35-10-7-21(8-11-35)39-22-13-23(14-22)40-26-12-18(6-9-32-26)37-19-4-5-20(37)17-36(16-19)24-15-25(30)33-34-27(24)31/h6,9,12,15,19-23H,4-5,7-8,10-11,13-14,16-17H2,1-3H3,(H2,31,34). The van der Waals surface area contributed by atoms with Crippen LogP contribution in [0.2, 0.25) is 5.15 Å². The van der Waals surface area contributed by atoms with E-state index in [4.69, 9.17) is 31.5 Å². The molecule has 0 spiro atoms. The number of piperidine rings is 1. The zero-order valence-corrected chi connectivity index (χ0v) is 24.8. The van der Waals surface area contributed by atoms with E-state index in [1.54, 1.807) is 11.0 Å². The second-order valence-electron chi connectivity index (χ2n) is 12.6. The molecule has 2 unspecified atom stereocenters. The SMILES string of the molecule is CC(C)(C)OC(=O)N1CCC(OC2CC(Oc3cc(N4C5CCC4CN(c4cc(Cl)nnc4N)C5)ccn3)C2)CC1. The van der Waals surface area contributed by atoms with Gasteiger partial charge in [0.25, 0.3) is 0 Å². The Kier molecular flexibility index (Phi) is 7.76. The van der Waals surface area contributed by atoms with Crippen LogP contribution in [0.3, 0.4) is 0 Å². The fourth-order valence-corrected chi connectivity index (χ4v) is 6.58. The van der Waals surface area contributed by atoms with Crippen LogP contribution in [0.4, 0.5) is 22.0 Å². The first-order valence-electron chi connectivity index (χ1n) is 14.7. The summed E-state index contributed by atoms with van der Waals surface area (Å²) in [6, 6.07) is 6.67. The fourth-order valence-electron chi connectivity index (χ4n) is 6.44. The third kappa shape index (κ3) is 6.40. The number of anilines is 3. The van der Waals surface area contributed by atoms with Crippen LogP contribution >= 0.6 is 11.6 Å². The van der Waals surface area contributed by atoms with E-state index < -0.39 is 5.60 Å². The maximum Gasteiger partial charge on any atom is 0.410 e. The second kappa shape index (κ2) is 11.3. The molecule has 2 aromatic rings. The van der Waals surface area contributed by atoms with Crippen molar-refractivity contribution in [2.24, 2.45) is 0 Å². The quantitative estimate of drug-likeness (QED) is 0.525. The Bertz CT molecular complexity index is 1230. The van der Waals surface area contributed by atoms with Gasteiger partial charge in [-0.25, -0.2) is 9.78 Å². The molecule has 2 aromatic heterocycles. The van der Waals surface area contributed by atoms with Crippen LogP contribution in [0.1, 0.15) is 59.3 Å². The highest BCUT2D eigenvalue weighted by Crippen LogP contribution is 2.39. The Balaban J connectivity index is 0.976. The summed E-state index contributed by atoms with van der Waals surface area (Å²) < 4.78 is 18.1. The highest BCUT2D eigenvalue weighted by atomic mass is 35.5. The summed E-state index contributed by atoms with van der Waals surface area (Å²) in [5.41, 5.74) is 7.64. The summed E-state index contributed by atoms with van der Waals surface area (Å²) in [5.74, 6) is 1.07. The number of carbonyl (C=O) groups excluding carboxylic acids is 1. The van der Waals surface area contributed by atoms with Crippen LogP contribution in [0.15, 0.2) is 24.4 Å². The summed E-state index contributed by atoms with van der Waals surface area (Å²) in [4.78, 5) is 23.4. The molecule has 4 fully saturated rings. The van der Waals surface area contributed by atoms with Crippen molar-refractivity contribution in [1.82, 2.24) is 20.1 Å². The zero-order chi connectivity index (χ0) is 28.7. The number of nitrogens with two attached hydrogens (primary N) is 1. The molecule has 3 saturated heterocycles. The fraction of sp³-hybridized carbons (Fsp3) is 0.655. The lowest BCUT2D eigenvalue weighted by Crippen LogP contribution is -2.54. The molecular weight excluding hydrogens is 546 g/mol. The lowest BCUT2D eigenvalue weighted by Gasteiger charge is -2.43. The highest BCUT2D eigenvalue weighted by Gasteiger charge is 2.41. The molecule has 0 radical (unpaired) electrons. The molecule has 41 heavy (non-hydrogen) atoms. The molecule has 2 bridgehead atoms. The van der Waals surface area contributed by atoms with Gasteiger partial charge in [-0.2, -0.15) is 0 Å². The number of carbonyl (C=O) groups is 1. The van der Waals surface area contributed by atoms with E-state index in [1.807, 2.05) is 27.0 Å². The number of nitrogens with zero attached hydrogens (tertiary/aromatic N) is 6. The van der Waals surface area contributed by atoms with Gasteiger partial charge in [0.15, 0.2) is 11.0 Å². The Morgan fingerprint density at radius 3 is 2.39 bits per heavy atom. The minimum absolute atomic E-state index is 0.102. The molecule has 1 saturated carbocycles. The maximum atomic E-state index is 12.3. The molecule has 222 valence electrons. The summed E-state index contributed by atoms with van der Waals surface area (Å²) in [5, 5.41) is 8.21. The number of rotatable bonds is 6. The van der Waals surface area contributed by atoms with Crippen molar-refractivity contribution in [2.45, 2.75) is 95.3 Å². The molecular formula is C29H40ClN7O4. The molecule has 2 atom stereocenters. The molecule has 4 aliphatic rings. The Morgan fingerprint density at radius 1 is 1.00 bits per heavy atom. The zero-order valence-electron chi connectivity index (χ0n) is 24.0. The molecule has 12 heteroatoms. The van der Waals surface area contributed by atoms with Gasteiger partial charge in [-0.3, -0.25) is 0 Å². The number of hydrogen-bond acceptors (Lipinski definition) is 10. The number of hydrogen-bond donors (Lipinski definition) is 1. The van der Waals surface area contributed by atoms with E-state index in [-0.39, 0.29) is 24.4 Å². The van der Waals surface area contributed by atoms with Gasteiger partial charge in [0.1, 0.15) is 11.7 Å². The van der Waals surface area contributed by atoms with Gasteiger partial charge in [0.2, 0.25) is 5.88 Å². The van der Waals surface area contributed by atoms with Crippen molar-refractivity contribution in [3.8, 4) is 5.88 Å². The van der Waals surface area contributed by atoms with Crippen LogP contribution in [0.5, 0.6) is 5.88 Å². The van der Waals surface area contributed by atoms with Crippen LogP contribution < -0.4 is 20.3 Å². The van der Waals surface area contributed by atoms with E-state index >= 15 is 0 Å². The molecule has 1 amide bonds. The Labute approximate surface area is 246 Å². The first-order chi connectivity index (χ1) is 19.6. The van der Waals surface area contributed by atoms with Crippen LogP contribution in [0, 0.1) is 0 Å². The minimum Gasteiger partial charge on any atom is -0.474 e. The topological polar surface area (TPSA) is 119 Å². The number of nitrogen functional groups attached to an aromatic ring is 1. The number of pyridine rings is 1. The van der Waals surface area contributed by atoms with Gasteiger partial charge in [-0.15, -0.1) is 10.2 Å². The van der Waals surface area contributed by atoms with Crippen molar-refractivity contribution in [3.05, 3.63) is 29.5 Å². The van der Waals surface area contributed by atoms with E-state index in [0.717, 1.165) is 63.0 Å². The summed E-state index contributed by atoms with van der Waals surface area (Å²) in [7, 11) is 0. The monoisotopic (exact) mass is 585 g/mol. The van der Waals surface area contributed by atoms with Gasteiger partial charge in [-0.1, -0.05) is 11.6 Å². The predicted octanol–water partition coefficient (Wildman–Crippen LogP) is 4.29. The maximum absolute atomic E-state index is 12.3. The molecule has 1 aliphatic carbocycles. The predicted molar refractivity (Wildman–Crippen MR) is 157 cm³/mol. The second-order valence-corrected chi connectivity index (χ2v) is 13.0. The summed E-state index contributed by atoms with van der Waals surface area (Å²) in [6.45, 7) is 8.70. The third-order valence-corrected chi connectivity index (χ3v) is 8.61. The van der Waals surface area contributed by atoms with E-state index in [0.29, 0.717) is 42.0 Å². The van der Waals surface area contributed by atoms with Crippen molar-refractivity contribution in [3.63, 3.8) is 0 Å². The number of halogens is 1. The molecule has 11 nitrogen and oxygen atoms in total. The smallest absolute Gasteiger partial charge is 0.410 e. The van der Waals surface area contributed by atoms with Crippen LogP contribution in [0.25, 0.3) is 0 Å². The largest absolute Gasteiger partial charge is 0.474 e. The molecule has 6 rings (SSSR count). The number of likely N-dealkylation sites (tertiary alicyclic amines) is 1. The Morgan fingerprint density at radius 2 is 1.71 bits per heavy atom. The van der Waals surface area contributed by atoms with Gasteiger partial charge < -0.3 is 34.6 Å². The number of piperazine rings is 1. The van der Waals surface area contributed by atoms with E-state index in [1.165, 1.54) is 0 Å². The average molecular weight is 586 g/mol. The molecule has 3 aliphatic heterocycles. The average Bonchev–Trinajstić information content (AvgIpc) is 3.17. The van der Waals surface area contributed by atoms with Crippen LogP contribution in [-0.4, -0.2) is 88.4 Å². The lowest BCUT2D eigenvalue weighted by atomic mass is 9.91. The van der Waals surface area contributed by atoms with Gasteiger partial charge >= 0.3 is 6.09 Å². The number of aromatic nitrogens is 3. The Hall–Kier alpha value is -3.05. The summed E-state index contributed by atoms with van der Waals surface area (Å²) >= 11 is 6.10. The highest BCUT2D eigenvalue weighted by molar-refractivity contribution is 6.29.